The van der Waals surface area contributed by atoms with Crippen molar-refractivity contribution in [1.82, 2.24) is 9.80 Å². The van der Waals surface area contributed by atoms with E-state index in [0.29, 0.717) is 0 Å². The van der Waals surface area contributed by atoms with Gasteiger partial charge in [0.05, 0.1) is 0 Å². The van der Waals surface area contributed by atoms with Crippen molar-refractivity contribution in [3.8, 4) is 0 Å². The summed E-state index contributed by atoms with van der Waals surface area (Å²) < 4.78 is 0. The lowest BCUT2D eigenvalue weighted by Gasteiger charge is -2.46. The second-order valence-corrected chi connectivity index (χ2v) is 7.40. The predicted octanol–water partition coefficient (Wildman–Crippen LogP) is 3.37. The Morgan fingerprint density at radius 2 is 1.29 bits per heavy atom. The van der Waals surface area contributed by atoms with E-state index in [-0.39, 0.29) is 11.1 Å². The van der Waals surface area contributed by atoms with E-state index >= 15 is 0 Å². The SMILES string of the molecule is CC(C)(C)N(CCN1CCCCC1)C(C)(C)C. The molecule has 0 radical (unpaired) electrons. The Kier molecular flexibility index (Phi) is 5.03. The van der Waals surface area contributed by atoms with Crippen LogP contribution < -0.4 is 0 Å². The van der Waals surface area contributed by atoms with Crippen LogP contribution in [-0.4, -0.2) is 47.1 Å². The molecule has 0 unspecified atom stereocenters. The third-order valence-electron chi connectivity index (χ3n) is 3.71. The van der Waals surface area contributed by atoms with Gasteiger partial charge in [0.2, 0.25) is 0 Å². The number of likely N-dealkylation sites (tertiary alicyclic amines) is 1. The zero-order valence-electron chi connectivity index (χ0n) is 12.8. The van der Waals surface area contributed by atoms with Gasteiger partial charge >= 0.3 is 0 Å². The fourth-order valence-electron chi connectivity index (χ4n) is 3.10. The first-order valence-electron chi connectivity index (χ1n) is 7.21. The Bertz CT molecular complexity index is 202. The second-order valence-electron chi connectivity index (χ2n) is 7.40. The van der Waals surface area contributed by atoms with Crippen molar-refractivity contribution in [3.05, 3.63) is 0 Å². The zero-order chi connectivity index (χ0) is 13.1. The first-order chi connectivity index (χ1) is 7.71. The van der Waals surface area contributed by atoms with Crippen molar-refractivity contribution in [3.63, 3.8) is 0 Å². The van der Waals surface area contributed by atoms with Crippen molar-refractivity contribution in [1.29, 1.82) is 0 Å². The first kappa shape index (κ1) is 15.0. The number of hydrogen-bond donors (Lipinski definition) is 0. The molecule has 0 bridgehead atoms. The maximum atomic E-state index is 2.63. The molecule has 0 aliphatic carbocycles. The Balaban J connectivity index is 2.49. The Labute approximate surface area is 108 Å². The minimum absolute atomic E-state index is 0.258. The van der Waals surface area contributed by atoms with Crippen LogP contribution in [0.2, 0.25) is 0 Å². The van der Waals surface area contributed by atoms with Gasteiger partial charge in [-0.15, -0.1) is 0 Å². The molecular weight excluding hydrogens is 208 g/mol. The zero-order valence-corrected chi connectivity index (χ0v) is 12.8. The van der Waals surface area contributed by atoms with E-state index in [2.05, 4.69) is 51.3 Å². The molecule has 2 heteroatoms. The van der Waals surface area contributed by atoms with Gasteiger partial charge in [0, 0.05) is 24.2 Å². The predicted molar refractivity (Wildman–Crippen MR) is 76.5 cm³/mol. The quantitative estimate of drug-likeness (QED) is 0.746. The minimum Gasteiger partial charge on any atom is -0.302 e. The van der Waals surface area contributed by atoms with Crippen LogP contribution in [0.1, 0.15) is 60.8 Å². The summed E-state index contributed by atoms with van der Waals surface area (Å²) in [5, 5.41) is 0. The molecule has 1 fully saturated rings. The van der Waals surface area contributed by atoms with Crippen molar-refractivity contribution >= 4 is 0 Å². The standard InChI is InChI=1S/C15H32N2/c1-14(2,3)17(15(4,5)6)13-12-16-10-8-7-9-11-16/h7-13H2,1-6H3. The molecule has 1 rings (SSSR count). The van der Waals surface area contributed by atoms with Crippen LogP contribution in [0.3, 0.4) is 0 Å². The average molecular weight is 240 g/mol. The van der Waals surface area contributed by atoms with Gasteiger partial charge in [-0.1, -0.05) is 6.42 Å². The van der Waals surface area contributed by atoms with Gasteiger partial charge < -0.3 is 4.90 Å². The first-order valence-corrected chi connectivity index (χ1v) is 7.21. The monoisotopic (exact) mass is 240 g/mol. The highest BCUT2D eigenvalue weighted by atomic mass is 15.3. The van der Waals surface area contributed by atoms with Crippen LogP contribution >= 0.6 is 0 Å². The highest BCUT2D eigenvalue weighted by molar-refractivity contribution is 4.87. The lowest BCUT2D eigenvalue weighted by molar-refractivity contribution is 0.0265. The van der Waals surface area contributed by atoms with Gasteiger partial charge in [-0.25, -0.2) is 0 Å². The fraction of sp³-hybridized carbons (Fsp3) is 1.00. The van der Waals surface area contributed by atoms with E-state index in [1.54, 1.807) is 0 Å². The van der Waals surface area contributed by atoms with E-state index < -0.39 is 0 Å². The molecule has 0 N–H and O–H groups in total. The van der Waals surface area contributed by atoms with Crippen molar-refractivity contribution in [2.75, 3.05) is 26.2 Å². The average Bonchev–Trinajstić information content (AvgIpc) is 2.15. The lowest BCUT2D eigenvalue weighted by Crippen LogP contribution is -2.55. The number of nitrogens with zero attached hydrogens (tertiary/aromatic N) is 2. The number of piperidine rings is 1. The van der Waals surface area contributed by atoms with Crippen LogP contribution in [0.4, 0.5) is 0 Å². The normalized spacial score (nSPS) is 19.9. The summed E-state index contributed by atoms with van der Waals surface area (Å²) in [6, 6.07) is 0. The van der Waals surface area contributed by atoms with Gasteiger partial charge in [-0.3, -0.25) is 4.90 Å². The van der Waals surface area contributed by atoms with Gasteiger partial charge in [0.1, 0.15) is 0 Å². The molecule has 1 aliphatic rings. The van der Waals surface area contributed by atoms with Crippen molar-refractivity contribution in [2.45, 2.75) is 71.9 Å². The van der Waals surface area contributed by atoms with Crippen molar-refractivity contribution < 1.29 is 0 Å². The van der Waals surface area contributed by atoms with Crippen LogP contribution in [0.25, 0.3) is 0 Å². The Morgan fingerprint density at radius 3 is 1.71 bits per heavy atom. The summed E-state index contributed by atoms with van der Waals surface area (Å²) in [4.78, 5) is 5.27. The summed E-state index contributed by atoms with van der Waals surface area (Å²) in [7, 11) is 0. The number of hydrogen-bond acceptors (Lipinski definition) is 2. The third kappa shape index (κ3) is 4.97. The lowest BCUT2D eigenvalue weighted by atomic mass is 9.96. The molecule has 0 saturated carbocycles. The van der Waals surface area contributed by atoms with Crippen LogP contribution in [0.5, 0.6) is 0 Å². The van der Waals surface area contributed by atoms with Crippen molar-refractivity contribution in [2.24, 2.45) is 0 Å². The number of rotatable bonds is 3. The van der Waals surface area contributed by atoms with Crippen LogP contribution in [0.15, 0.2) is 0 Å². The molecule has 0 atom stereocenters. The largest absolute Gasteiger partial charge is 0.302 e. The Hall–Kier alpha value is -0.0800. The molecule has 2 nitrogen and oxygen atoms in total. The molecule has 0 aromatic carbocycles. The van der Waals surface area contributed by atoms with E-state index in [1.807, 2.05) is 0 Å². The molecule has 17 heavy (non-hydrogen) atoms. The van der Waals surface area contributed by atoms with E-state index in [4.69, 9.17) is 0 Å². The highest BCUT2D eigenvalue weighted by Gasteiger charge is 2.31. The molecule has 1 heterocycles. The summed E-state index contributed by atoms with van der Waals surface area (Å²) in [5.41, 5.74) is 0.516. The molecule has 0 amide bonds. The fourth-order valence-corrected chi connectivity index (χ4v) is 3.10. The van der Waals surface area contributed by atoms with Gasteiger partial charge in [0.15, 0.2) is 0 Å². The summed E-state index contributed by atoms with van der Waals surface area (Å²) in [6.45, 7) is 19.0. The minimum atomic E-state index is 0.258. The molecule has 1 saturated heterocycles. The summed E-state index contributed by atoms with van der Waals surface area (Å²) >= 11 is 0. The maximum absolute atomic E-state index is 2.63. The molecule has 0 spiro atoms. The summed E-state index contributed by atoms with van der Waals surface area (Å²) in [6.07, 6.45) is 4.22. The third-order valence-corrected chi connectivity index (χ3v) is 3.71. The van der Waals surface area contributed by atoms with Crippen LogP contribution in [0, 0.1) is 0 Å². The highest BCUT2D eigenvalue weighted by Crippen LogP contribution is 2.24. The molecule has 0 aromatic heterocycles. The van der Waals surface area contributed by atoms with Gasteiger partial charge in [0.25, 0.3) is 0 Å². The second kappa shape index (κ2) is 5.71. The molecule has 0 aromatic rings. The molecule has 1 aliphatic heterocycles. The summed E-state index contributed by atoms with van der Waals surface area (Å²) in [5.74, 6) is 0. The van der Waals surface area contributed by atoms with Gasteiger partial charge in [-0.2, -0.15) is 0 Å². The molecular formula is C15H32N2. The maximum Gasteiger partial charge on any atom is 0.0130 e. The molecule has 102 valence electrons. The van der Waals surface area contributed by atoms with E-state index in [1.165, 1.54) is 45.4 Å². The van der Waals surface area contributed by atoms with E-state index in [0.717, 1.165) is 0 Å². The van der Waals surface area contributed by atoms with Crippen LogP contribution in [-0.2, 0) is 0 Å². The van der Waals surface area contributed by atoms with Gasteiger partial charge in [-0.05, 0) is 67.5 Å². The topological polar surface area (TPSA) is 6.48 Å². The van der Waals surface area contributed by atoms with E-state index in [9.17, 15) is 0 Å². The smallest absolute Gasteiger partial charge is 0.0130 e. The Morgan fingerprint density at radius 1 is 0.824 bits per heavy atom.